The van der Waals surface area contributed by atoms with E-state index in [-0.39, 0.29) is 17.5 Å². The Labute approximate surface area is 307 Å². The van der Waals surface area contributed by atoms with Crippen molar-refractivity contribution in [2.45, 2.75) is 114 Å². The number of aliphatic hydroxyl groups is 2. The van der Waals surface area contributed by atoms with Crippen LogP contribution in [0.15, 0.2) is 72.8 Å². The van der Waals surface area contributed by atoms with Crippen LogP contribution in [0.3, 0.4) is 0 Å². The number of carbonyl (C=O) groups excluding carboxylic acids is 4. The molecule has 2 saturated heterocycles. The van der Waals surface area contributed by atoms with Gasteiger partial charge in [0.2, 0.25) is 0 Å². The summed E-state index contributed by atoms with van der Waals surface area (Å²) >= 11 is 0. The van der Waals surface area contributed by atoms with Crippen molar-refractivity contribution in [3.05, 3.63) is 83.9 Å². The van der Waals surface area contributed by atoms with Crippen molar-refractivity contribution in [2.24, 2.45) is 23.7 Å². The fourth-order valence-corrected chi connectivity index (χ4v) is 10.4. The van der Waals surface area contributed by atoms with Gasteiger partial charge in [-0.15, -0.1) is 0 Å². The van der Waals surface area contributed by atoms with E-state index in [1.165, 1.54) is 32.9 Å². The summed E-state index contributed by atoms with van der Waals surface area (Å²) in [7, 11) is 0. The monoisotopic (exact) mass is 734 g/mol. The fraction of sp³-hybridized carbons (Fsp3) is 0.550. The second-order valence-corrected chi connectivity index (χ2v) is 15.6. The summed E-state index contributed by atoms with van der Waals surface area (Å²) in [5.74, 6) is -8.76. The van der Waals surface area contributed by atoms with Gasteiger partial charge in [0.1, 0.15) is 35.6 Å². The molecule has 0 radical (unpaired) electrons. The highest BCUT2D eigenvalue weighted by Gasteiger charge is 2.88. The van der Waals surface area contributed by atoms with Crippen molar-refractivity contribution in [1.82, 2.24) is 0 Å². The number of rotatable bonds is 7. The van der Waals surface area contributed by atoms with Crippen LogP contribution in [0.5, 0.6) is 0 Å². The van der Waals surface area contributed by atoms with E-state index >= 15 is 0 Å². The van der Waals surface area contributed by atoms with Gasteiger partial charge >= 0.3 is 23.9 Å². The van der Waals surface area contributed by atoms with Gasteiger partial charge in [-0.2, -0.15) is 0 Å². The third-order valence-corrected chi connectivity index (χ3v) is 12.2. The van der Waals surface area contributed by atoms with Crippen molar-refractivity contribution < 1.29 is 62.5 Å². The molecule has 284 valence electrons. The molecule has 3 bridgehead atoms. The topological polar surface area (TPSA) is 173 Å². The van der Waals surface area contributed by atoms with E-state index < -0.39 is 106 Å². The average molecular weight is 735 g/mol. The van der Waals surface area contributed by atoms with Crippen molar-refractivity contribution in [1.29, 1.82) is 0 Å². The Bertz CT molecular complexity index is 1830. The molecule has 2 N–H and O–H groups in total. The van der Waals surface area contributed by atoms with Crippen molar-refractivity contribution in [3.8, 4) is 0 Å². The smallest absolute Gasteiger partial charge is 0.338 e. The van der Waals surface area contributed by atoms with Crippen LogP contribution in [0.1, 0.15) is 75.6 Å². The summed E-state index contributed by atoms with van der Waals surface area (Å²) in [4.78, 5) is 53.7. The van der Waals surface area contributed by atoms with E-state index in [1.807, 2.05) is 0 Å². The Morgan fingerprint density at radius 3 is 1.81 bits per heavy atom. The van der Waals surface area contributed by atoms with E-state index in [1.54, 1.807) is 76.2 Å². The van der Waals surface area contributed by atoms with Gasteiger partial charge in [-0.25, -0.2) is 9.59 Å². The van der Waals surface area contributed by atoms with Crippen LogP contribution >= 0.6 is 0 Å². The highest BCUT2D eigenvalue weighted by molar-refractivity contribution is 5.90. The summed E-state index contributed by atoms with van der Waals surface area (Å²) in [6, 6.07) is 16.4. The molecule has 14 unspecified atom stereocenters. The van der Waals surface area contributed by atoms with Gasteiger partial charge in [-0.05, 0) is 56.0 Å². The van der Waals surface area contributed by atoms with Crippen LogP contribution in [0.4, 0.5) is 0 Å². The first-order valence-corrected chi connectivity index (χ1v) is 17.9. The summed E-state index contributed by atoms with van der Waals surface area (Å²) in [5, 5.41) is 26.5. The number of hydrogen-bond acceptors (Lipinski definition) is 13. The van der Waals surface area contributed by atoms with Crippen LogP contribution in [0.2, 0.25) is 0 Å². The standard InChI is InChI=1S/C40H46O13/c1-20(2)39-30(49-33(43)25-15-11-9-12-16-25)22(4)40-27-19-21(3)29(47-23(5)41)38(27,46)35(50-34(44)26-17-13-10-14-18-26)36(7,45)31(48-24(6)42)28(40)32(39)51-37(8,52-39)53-40/h9-18,21-22,27-32,35,45-46H,1,19H2,2-8H3. The number of benzene rings is 2. The van der Waals surface area contributed by atoms with Crippen LogP contribution < -0.4 is 0 Å². The minimum absolute atomic E-state index is 0.0970. The zero-order chi connectivity index (χ0) is 38.5. The molecule has 0 amide bonds. The van der Waals surface area contributed by atoms with Gasteiger partial charge in [0.15, 0.2) is 11.7 Å². The molecule has 2 aromatic carbocycles. The van der Waals surface area contributed by atoms with E-state index in [9.17, 15) is 29.4 Å². The fourth-order valence-electron chi connectivity index (χ4n) is 10.4. The summed E-state index contributed by atoms with van der Waals surface area (Å²) in [6.07, 6.45) is -7.12. The first-order valence-electron chi connectivity index (χ1n) is 17.9. The molecular formula is C40H46O13. The lowest BCUT2D eigenvalue weighted by molar-refractivity contribution is -0.429. The van der Waals surface area contributed by atoms with Crippen LogP contribution in [0.25, 0.3) is 0 Å². The van der Waals surface area contributed by atoms with E-state index in [0.29, 0.717) is 5.57 Å². The molecule has 2 heterocycles. The molecule has 53 heavy (non-hydrogen) atoms. The summed E-state index contributed by atoms with van der Waals surface area (Å²) in [6.45, 7) is 14.7. The third kappa shape index (κ3) is 5.22. The largest absolute Gasteiger partial charge is 0.459 e. The molecule has 5 fully saturated rings. The molecule has 3 saturated carbocycles. The Balaban J connectivity index is 1.50. The minimum Gasteiger partial charge on any atom is -0.459 e. The van der Waals surface area contributed by atoms with E-state index in [4.69, 9.17) is 33.2 Å². The number of carbonyl (C=O) groups is 4. The number of ether oxygens (including phenoxy) is 7. The molecule has 14 atom stereocenters. The van der Waals surface area contributed by atoms with Gasteiger partial charge in [0.25, 0.3) is 5.97 Å². The third-order valence-electron chi connectivity index (χ3n) is 12.2. The summed E-state index contributed by atoms with van der Waals surface area (Å²) in [5.41, 5.74) is -7.39. The quantitative estimate of drug-likeness (QED) is 0.239. The maximum Gasteiger partial charge on any atom is 0.338 e. The second-order valence-electron chi connectivity index (χ2n) is 15.6. The lowest BCUT2D eigenvalue weighted by atomic mass is 9.52. The van der Waals surface area contributed by atoms with Gasteiger partial charge in [0, 0.05) is 32.6 Å². The molecule has 5 aliphatic rings. The highest BCUT2D eigenvalue weighted by atomic mass is 16.9. The minimum atomic E-state index is -2.41. The molecule has 2 aliphatic heterocycles. The molecule has 2 aromatic rings. The van der Waals surface area contributed by atoms with Crippen LogP contribution in [-0.2, 0) is 42.7 Å². The predicted molar refractivity (Wildman–Crippen MR) is 184 cm³/mol. The number of hydrogen-bond donors (Lipinski definition) is 2. The molecule has 3 aliphatic carbocycles. The zero-order valence-corrected chi connectivity index (χ0v) is 30.8. The Morgan fingerprint density at radius 2 is 1.28 bits per heavy atom. The summed E-state index contributed by atoms with van der Waals surface area (Å²) < 4.78 is 44.9. The predicted octanol–water partition coefficient (Wildman–Crippen LogP) is 3.89. The van der Waals surface area contributed by atoms with Crippen molar-refractivity contribution in [2.75, 3.05) is 0 Å². The van der Waals surface area contributed by atoms with Crippen LogP contribution in [0, 0.1) is 23.7 Å². The second kappa shape index (κ2) is 12.5. The highest BCUT2D eigenvalue weighted by Crippen LogP contribution is 2.71. The normalized spacial score (nSPS) is 43.5. The van der Waals surface area contributed by atoms with E-state index in [2.05, 4.69) is 6.58 Å². The molecule has 13 nitrogen and oxygen atoms in total. The Morgan fingerprint density at radius 1 is 0.755 bits per heavy atom. The first kappa shape index (κ1) is 37.2. The first-order chi connectivity index (χ1) is 24.8. The van der Waals surface area contributed by atoms with Crippen molar-refractivity contribution >= 4 is 23.9 Å². The SMILES string of the molecule is C=C(C)C12OC3(C)OC1C1C(OC(C)=O)C(C)(O)C(OC(=O)c4ccccc4)C4(O)C(OC(C)=O)C(C)CC4C1(O3)C(C)C2OC(=O)c1ccccc1. The molecule has 0 spiro atoms. The van der Waals surface area contributed by atoms with Crippen molar-refractivity contribution in [3.63, 3.8) is 0 Å². The van der Waals surface area contributed by atoms with Gasteiger partial charge in [-0.3, -0.25) is 9.59 Å². The lowest BCUT2D eigenvalue weighted by Gasteiger charge is -2.62. The van der Waals surface area contributed by atoms with Gasteiger partial charge in [0.05, 0.1) is 22.6 Å². The number of fused-ring (bicyclic) bond motifs is 2. The lowest BCUT2D eigenvalue weighted by Crippen LogP contribution is -2.77. The molecule has 7 rings (SSSR count). The Hall–Kier alpha value is -4.14. The maximum atomic E-state index is 13.9. The van der Waals surface area contributed by atoms with Gasteiger partial charge in [-0.1, -0.05) is 56.8 Å². The van der Waals surface area contributed by atoms with E-state index in [0.717, 1.165) is 0 Å². The zero-order valence-electron chi connectivity index (χ0n) is 30.8. The molecule has 13 heteroatoms. The number of esters is 4. The molecular weight excluding hydrogens is 688 g/mol. The molecule has 0 aromatic heterocycles. The maximum absolute atomic E-state index is 13.9. The van der Waals surface area contributed by atoms with Gasteiger partial charge < -0.3 is 43.4 Å². The van der Waals surface area contributed by atoms with Crippen LogP contribution in [-0.4, -0.2) is 93.0 Å². The average Bonchev–Trinajstić information content (AvgIpc) is 3.47. The Kier molecular flexibility index (Phi) is 8.74.